The monoisotopic (exact) mass is 412 g/mol. The Kier molecular flexibility index (Phi) is 6.40. The van der Waals surface area contributed by atoms with Crippen molar-refractivity contribution in [1.82, 2.24) is 9.55 Å². The van der Waals surface area contributed by atoms with Crippen LogP contribution in [0.15, 0.2) is 24.5 Å². The zero-order valence-electron chi connectivity index (χ0n) is 15.3. The summed E-state index contributed by atoms with van der Waals surface area (Å²) in [5, 5.41) is 17.4. The van der Waals surface area contributed by atoms with Crippen molar-refractivity contribution in [2.24, 2.45) is 0 Å². The summed E-state index contributed by atoms with van der Waals surface area (Å²) in [6, 6.07) is 3.40. The Morgan fingerprint density at radius 2 is 1.96 bits per heavy atom. The highest BCUT2D eigenvalue weighted by Gasteiger charge is 2.48. The molecular weight excluding hydrogens is 392 g/mol. The Balaban J connectivity index is 0.000000706. The molecule has 4 rings (SSSR count). The molecule has 2 fully saturated rings. The maximum Gasteiger partial charge on any atom is 0.290 e. The van der Waals surface area contributed by atoms with E-state index in [4.69, 9.17) is 40.4 Å². The number of benzene rings is 1. The SMILES string of the molecule is COc1cc(Cl)cc(-c2nccn2[C@@H]2CO[C@H]3[C@@H]2OC[C@H]3O)c1OC.O=CO. The number of aliphatic hydroxyl groups is 1. The summed E-state index contributed by atoms with van der Waals surface area (Å²) in [7, 11) is 3.14. The summed E-state index contributed by atoms with van der Waals surface area (Å²) in [6.45, 7) is 0.472. The molecule has 28 heavy (non-hydrogen) atoms. The van der Waals surface area contributed by atoms with Crippen molar-refractivity contribution < 1.29 is 34.0 Å². The lowest BCUT2D eigenvalue weighted by molar-refractivity contribution is -0.122. The molecular formula is C18H21ClN2O7. The lowest BCUT2D eigenvalue weighted by Gasteiger charge is -2.21. The number of fused-ring (bicyclic) bond motifs is 1. The highest BCUT2D eigenvalue weighted by Crippen LogP contribution is 2.42. The van der Waals surface area contributed by atoms with Gasteiger partial charge in [0.05, 0.1) is 39.0 Å². The number of carboxylic acid groups (broad SMARTS) is 1. The number of aromatic nitrogens is 2. The third-order valence-electron chi connectivity index (χ3n) is 4.71. The van der Waals surface area contributed by atoms with Gasteiger partial charge in [-0.1, -0.05) is 11.6 Å². The van der Waals surface area contributed by atoms with Crippen molar-refractivity contribution in [3.8, 4) is 22.9 Å². The van der Waals surface area contributed by atoms with Gasteiger partial charge in [-0.15, -0.1) is 0 Å². The summed E-state index contributed by atoms with van der Waals surface area (Å²) >= 11 is 6.24. The van der Waals surface area contributed by atoms with Gasteiger partial charge in [-0.05, 0) is 6.07 Å². The minimum absolute atomic E-state index is 0.0886. The van der Waals surface area contributed by atoms with Gasteiger partial charge in [0.25, 0.3) is 6.47 Å². The molecule has 0 aliphatic carbocycles. The zero-order valence-corrected chi connectivity index (χ0v) is 16.1. The van der Waals surface area contributed by atoms with Crippen LogP contribution in [0, 0.1) is 0 Å². The van der Waals surface area contributed by atoms with Gasteiger partial charge in [0.1, 0.15) is 24.1 Å². The zero-order chi connectivity index (χ0) is 20.3. The largest absolute Gasteiger partial charge is 0.493 e. The van der Waals surface area contributed by atoms with Crippen LogP contribution in [0.4, 0.5) is 0 Å². The van der Waals surface area contributed by atoms with Crippen molar-refractivity contribution in [2.45, 2.75) is 24.4 Å². The van der Waals surface area contributed by atoms with Crippen molar-refractivity contribution in [1.29, 1.82) is 0 Å². The summed E-state index contributed by atoms with van der Waals surface area (Å²) in [5.41, 5.74) is 0.721. The lowest BCUT2D eigenvalue weighted by atomic mass is 10.1. The molecule has 2 aliphatic heterocycles. The standard InChI is InChI=1S/C17H19ClN2O5.CH2O2/c1-22-13-6-9(18)5-10(14(13)23-2)17-19-3-4-20(17)11-7-24-16-12(21)8-25-15(11)16;2-1-3/h3-6,11-12,15-16,21H,7-8H2,1-2H3;1H,(H,2,3)/t11-,12-,15-,16-;/m1./s1. The van der Waals surface area contributed by atoms with Crippen molar-refractivity contribution in [3.63, 3.8) is 0 Å². The number of hydrogen-bond donors (Lipinski definition) is 2. The highest BCUT2D eigenvalue weighted by molar-refractivity contribution is 6.31. The quantitative estimate of drug-likeness (QED) is 0.728. The minimum Gasteiger partial charge on any atom is -0.493 e. The second-order valence-electron chi connectivity index (χ2n) is 6.18. The van der Waals surface area contributed by atoms with Crippen molar-refractivity contribution >= 4 is 18.1 Å². The molecule has 2 N–H and O–H groups in total. The normalized spacial score (nSPS) is 25.6. The maximum atomic E-state index is 9.96. The van der Waals surface area contributed by atoms with E-state index in [1.54, 1.807) is 32.5 Å². The Morgan fingerprint density at radius 3 is 2.64 bits per heavy atom. The Morgan fingerprint density at radius 1 is 1.25 bits per heavy atom. The number of hydrogen-bond acceptors (Lipinski definition) is 7. The highest BCUT2D eigenvalue weighted by atomic mass is 35.5. The lowest BCUT2D eigenvalue weighted by Crippen LogP contribution is -2.30. The van der Waals surface area contributed by atoms with E-state index in [1.165, 1.54) is 0 Å². The fourth-order valence-corrected chi connectivity index (χ4v) is 3.79. The van der Waals surface area contributed by atoms with Crippen LogP contribution in [-0.2, 0) is 14.3 Å². The number of rotatable bonds is 4. The smallest absolute Gasteiger partial charge is 0.290 e. The van der Waals surface area contributed by atoms with E-state index < -0.39 is 6.10 Å². The molecule has 2 aromatic rings. The number of ether oxygens (including phenoxy) is 4. The molecule has 0 amide bonds. The van der Waals surface area contributed by atoms with E-state index in [-0.39, 0.29) is 31.3 Å². The number of aliphatic hydroxyl groups excluding tert-OH is 1. The molecule has 0 bridgehead atoms. The Hall–Kier alpha value is -2.33. The van der Waals surface area contributed by atoms with Crippen LogP contribution in [0.2, 0.25) is 5.02 Å². The summed E-state index contributed by atoms with van der Waals surface area (Å²) < 4.78 is 24.4. The van der Waals surface area contributed by atoms with Crippen LogP contribution in [0.25, 0.3) is 11.4 Å². The minimum atomic E-state index is -0.595. The second-order valence-corrected chi connectivity index (χ2v) is 6.62. The van der Waals surface area contributed by atoms with Crippen LogP contribution in [0.5, 0.6) is 11.5 Å². The average Bonchev–Trinajstić information content (AvgIpc) is 3.39. The van der Waals surface area contributed by atoms with E-state index in [2.05, 4.69) is 4.98 Å². The van der Waals surface area contributed by atoms with Crippen LogP contribution in [0.3, 0.4) is 0 Å². The van der Waals surface area contributed by atoms with E-state index in [9.17, 15) is 5.11 Å². The first-order valence-electron chi connectivity index (χ1n) is 8.49. The first-order valence-corrected chi connectivity index (χ1v) is 8.87. The Labute approximate surface area is 166 Å². The van der Waals surface area contributed by atoms with Crippen LogP contribution in [0.1, 0.15) is 6.04 Å². The summed E-state index contributed by atoms with van der Waals surface area (Å²) in [5.74, 6) is 1.77. The van der Waals surface area contributed by atoms with Gasteiger partial charge in [-0.3, -0.25) is 4.79 Å². The van der Waals surface area contributed by atoms with Gasteiger partial charge in [0, 0.05) is 23.5 Å². The summed E-state index contributed by atoms with van der Waals surface area (Å²) in [4.78, 5) is 12.8. The van der Waals surface area contributed by atoms with Gasteiger partial charge in [0.15, 0.2) is 11.5 Å². The van der Waals surface area contributed by atoms with Crippen LogP contribution >= 0.6 is 11.6 Å². The maximum absolute atomic E-state index is 9.96. The fraction of sp³-hybridized carbons (Fsp3) is 0.444. The fourth-order valence-electron chi connectivity index (χ4n) is 3.58. The van der Waals surface area contributed by atoms with Gasteiger partial charge in [-0.2, -0.15) is 0 Å². The number of nitrogens with zero attached hydrogens (tertiary/aromatic N) is 2. The Bertz CT molecular complexity index is 828. The van der Waals surface area contributed by atoms with E-state index in [1.807, 2.05) is 10.8 Å². The first-order chi connectivity index (χ1) is 13.5. The summed E-state index contributed by atoms with van der Waals surface area (Å²) in [6.07, 6.45) is 2.46. The van der Waals surface area contributed by atoms with Gasteiger partial charge < -0.3 is 33.7 Å². The van der Waals surface area contributed by atoms with Crippen LogP contribution < -0.4 is 9.47 Å². The predicted octanol–water partition coefficient (Wildman–Crippen LogP) is 1.62. The molecule has 0 unspecified atom stereocenters. The second kappa shape index (κ2) is 8.78. The molecule has 9 nitrogen and oxygen atoms in total. The van der Waals surface area contributed by atoms with Crippen molar-refractivity contribution in [3.05, 3.63) is 29.5 Å². The molecule has 0 radical (unpaired) electrons. The molecule has 2 saturated heterocycles. The number of halogens is 1. The molecule has 1 aromatic carbocycles. The number of carbonyl (C=O) groups is 1. The van der Waals surface area contributed by atoms with E-state index >= 15 is 0 Å². The average molecular weight is 413 g/mol. The van der Waals surface area contributed by atoms with Crippen LogP contribution in [-0.4, -0.2) is 72.0 Å². The molecule has 0 saturated carbocycles. The topological polar surface area (TPSA) is 112 Å². The molecule has 152 valence electrons. The molecule has 4 atom stereocenters. The van der Waals surface area contributed by atoms with E-state index in [0.717, 1.165) is 5.56 Å². The predicted molar refractivity (Wildman–Crippen MR) is 99.0 cm³/mol. The molecule has 0 spiro atoms. The molecule has 10 heteroatoms. The molecule has 1 aromatic heterocycles. The third kappa shape index (κ3) is 3.66. The molecule has 3 heterocycles. The van der Waals surface area contributed by atoms with Gasteiger partial charge >= 0.3 is 0 Å². The third-order valence-corrected chi connectivity index (χ3v) is 4.93. The number of methoxy groups -OCH3 is 2. The van der Waals surface area contributed by atoms with Crippen molar-refractivity contribution in [2.75, 3.05) is 27.4 Å². The van der Waals surface area contributed by atoms with Gasteiger partial charge in [0.2, 0.25) is 0 Å². The number of imidazole rings is 1. The van der Waals surface area contributed by atoms with E-state index in [0.29, 0.717) is 29.0 Å². The van der Waals surface area contributed by atoms with Gasteiger partial charge in [-0.25, -0.2) is 4.98 Å². The molecule has 2 aliphatic rings. The first kappa shape index (κ1) is 20.4.